The molecule has 0 aliphatic carbocycles. The van der Waals surface area contributed by atoms with Crippen molar-refractivity contribution in [3.63, 3.8) is 0 Å². The lowest BCUT2D eigenvalue weighted by molar-refractivity contribution is 0.404. The number of aryl methyl sites for hydroxylation is 3. The van der Waals surface area contributed by atoms with Crippen LogP contribution in [0.2, 0.25) is 0 Å². The molecule has 2 N–H and O–H groups in total. The zero-order valence-electron chi connectivity index (χ0n) is 12.4. The van der Waals surface area contributed by atoms with Crippen molar-refractivity contribution in [3.8, 4) is 22.6 Å². The van der Waals surface area contributed by atoms with Crippen molar-refractivity contribution in [2.75, 3.05) is 0 Å². The molecule has 0 heterocycles. The smallest absolute Gasteiger partial charge is 0.165 e. The highest BCUT2D eigenvalue weighted by Gasteiger charge is 2.16. The van der Waals surface area contributed by atoms with Crippen molar-refractivity contribution in [2.24, 2.45) is 0 Å². The molecule has 0 aliphatic rings. The molecule has 0 fully saturated rings. The lowest BCUT2D eigenvalue weighted by atomic mass is 9.90. The summed E-state index contributed by atoms with van der Waals surface area (Å²) in [6.45, 7) is 6.26. The second kappa shape index (κ2) is 6.00. The van der Waals surface area contributed by atoms with Gasteiger partial charge in [-0.1, -0.05) is 39.0 Å². The minimum Gasteiger partial charge on any atom is -0.504 e. The molecule has 0 aromatic heterocycles. The second-order valence-electron chi connectivity index (χ2n) is 5.02. The third kappa shape index (κ3) is 2.51. The highest BCUT2D eigenvalue weighted by atomic mass is 16.3. The lowest BCUT2D eigenvalue weighted by Crippen LogP contribution is -1.96. The predicted molar refractivity (Wildman–Crippen MR) is 83.3 cm³/mol. The third-order valence-electron chi connectivity index (χ3n) is 3.83. The van der Waals surface area contributed by atoms with Gasteiger partial charge >= 0.3 is 0 Å². The van der Waals surface area contributed by atoms with E-state index in [2.05, 4.69) is 32.0 Å². The number of hydrogen-bond donors (Lipinski definition) is 2. The summed E-state index contributed by atoms with van der Waals surface area (Å²) in [5.41, 5.74) is 5.25. The van der Waals surface area contributed by atoms with Crippen LogP contribution in [0.15, 0.2) is 30.3 Å². The Balaban J connectivity index is 2.76. The molecule has 106 valence electrons. The van der Waals surface area contributed by atoms with Gasteiger partial charge in [0.15, 0.2) is 11.5 Å². The first-order valence-electron chi connectivity index (χ1n) is 7.28. The van der Waals surface area contributed by atoms with Crippen molar-refractivity contribution in [1.29, 1.82) is 0 Å². The van der Waals surface area contributed by atoms with Gasteiger partial charge in [-0.3, -0.25) is 0 Å². The van der Waals surface area contributed by atoms with E-state index < -0.39 is 0 Å². The Bertz CT molecular complexity index is 593. The summed E-state index contributed by atoms with van der Waals surface area (Å²) in [6.07, 6.45) is 2.63. The molecule has 2 heteroatoms. The summed E-state index contributed by atoms with van der Waals surface area (Å²) < 4.78 is 0. The SMILES string of the molecule is CCc1cc(O)c(O)c(-c2c(CC)cccc2CC)c1. The monoisotopic (exact) mass is 270 g/mol. The predicted octanol–water partition coefficient (Wildman–Crippen LogP) is 4.45. The Labute approximate surface area is 120 Å². The first-order valence-corrected chi connectivity index (χ1v) is 7.28. The molecule has 0 aliphatic heterocycles. The third-order valence-corrected chi connectivity index (χ3v) is 3.83. The van der Waals surface area contributed by atoms with Crippen LogP contribution in [0.3, 0.4) is 0 Å². The van der Waals surface area contributed by atoms with E-state index in [0.717, 1.165) is 36.0 Å². The van der Waals surface area contributed by atoms with Crippen LogP contribution in [0.25, 0.3) is 11.1 Å². The Morgan fingerprint density at radius 1 is 0.850 bits per heavy atom. The van der Waals surface area contributed by atoms with Gasteiger partial charge in [-0.2, -0.15) is 0 Å². The van der Waals surface area contributed by atoms with Gasteiger partial charge in [0.25, 0.3) is 0 Å². The minimum absolute atomic E-state index is 0.0159. The molecule has 20 heavy (non-hydrogen) atoms. The van der Waals surface area contributed by atoms with Gasteiger partial charge in [0.05, 0.1) is 0 Å². The van der Waals surface area contributed by atoms with Crippen LogP contribution in [0, 0.1) is 0 Å². The van der Waals surface area contributed by atoms with Crippen molar-refractivity contribution >= 4 is 0 Å². The summed E-state index contributed by atoms with van der Waals surface area (Å²) in [7, 11) is 0. The average Bonchev–Trinajstić information content (AvgIpc) is 2.49. The van der Waals surface area contributed by atoms with E-state index in [1.807, 2.05) is 13.0 Å². The molecule has 0 saturated heterocycles. The van der Waals surface area contributed by atoms with E-state index in [1.54, 1.807) is 6.07 Å². The molecule has 0 saturated carbocycles. The summed E-state index contributed by atoms with van der Waals surface area (Å²) in [5.74, 6) is -0.0508. The molecule has 0 radical (unpaired) electrons. The topological polar surface area (TPSA) is 40.5 Å². The van der Waals surface area contributed by atoms with Gasteiger partial charge in [-0.15, -0.1) is 0 Å². The van der Waals surface area contributed by atoms with Gasteiger partial charge in [-0.25, -0.2) is 0 Å². The van der Waals surface area contributed by atoms with Crippen molar-refractivity contribution in [1.82, 2.24) is 0 Å². The van der Waals surface area contributed by atoms with Crippen molar-refractivity contribution in [2.45, 2.75) is 40.0 Å². The zero-order chi connectivity index (χ0) is 14.7. The molecule has 2 rings (SSSR count). The first-order chi connectivity index (χ1) is 9.62. The molecular formula is C18H22O2. The molecule has 0 atom stereocenters. The van der Waals surface area contributed by atoms with E-state index >= 15 is 0 Å². The Morgan fingerprint density at radius 3 is 1.95 bits per heavy atom. The maximum atomic E-state index is 10.3. The number of aromatic hydroxyl groups is 2. The summed E-state index contributed by atoms with van der Waals surface area (Å²) in [6, 6.07) is 9.86. The standard InChI is InChI=1S/C18H22O2/c1-4-12-10-15(18(20)16(19)11-12)17-13(5-2)8-7-9-14(17)6-3/h7-11,19-20H,4-6H2,1-3H3. The van der Waals surface area contributed by atoms with Gasteiger partial charge in [0.2, 0.25) is 0 Å². The lowest BCUT2D eigenvalue weighted by Gasteiger charge is -2.16. The summed E-state index contributed by atoms with van der Waals surface area (Å²) in [4.78, 5) is 0. The largest absolute Gasteiger partial charge is 0.504 e. The van der Waals surface area contributed by atoms with Gasteiger partial charge < -0.3 is 10.2 Å². The second-order valence-corrected chi connectivity index (χ2v) is 5.02. The van der Waals surface area contributed by atoms with E-state index in [1.165, 1.54) is 11.1 Å². The van der Waals surface area contributed by atoms with Crippen LogP contribution in [0.4, 0.5) is 0 Å². The van der Waals surface area contributed by atoms with E-state index in [0.29, 0.717) is 0 Å². The number of benzene rings is 2. The van der Waals surface area contributed by atoms with Crippen molar-refractivity contribution < 1.29 is 10.2 Å². The van der Waals surface area contributed by atoms with Crippen LogP contribution in [-0.4, -0.2) is 10.2 Å². The van der Waals surface area contributed by atoms with Crippen LogP contribution >= 0.6 is 0 Å². The van der Waals surface area contributed by atoms with Gasteiger partial charge in [0.1, 0.15) is 0 Å². The number of hydrogen-bond acceptors (Lipinski definition) is 2. The van der Waals surface area contributed by atoms with E-state index in [-0.39, 0.29) is 11.5 Å². The molecule has 2 aromatic rings. The average molecular weight is 270 g/mol. The Hall–Kier alpha value is -1.96. The highest BCUT2D eigenvalue weighted by molar-refractivity contribution is 5.79. The Morgan fingerprint density at radius 2 is 1.45 bits per heavy atom. The maximum absolute atomic E-state index is 10.3. The van der Waals surface area contributed by atoms with Gasteiger partial charge in [0, 0.05) is 5.56 Å². The van der Waals surface area contributed by atoms with Crippen LogP contribution in [0.5, 0.6) is 11.5 Å². The fourth-order valence-corrected chi connectivity index (χ4v) is 2.66. The molecule has 0 bridgehead atoms. The zero-order valence-corrected chi connectivity index (χ0v) is 12.4. The van der Waals surface area contributed by atoms with Crippen LogP contribution in [0.1, 0.15) is 37.5 Å². The summed E-state index contributed by atoms with van der Waals surface area (Å²) >= 11 is 0. The first kappa shape index (κ1) is 14.4. The Kier molecular flexibility index (Phi) is 4.33. The normalized spacial score (nSPS) is 10.8. The molecule has 2 nitrogen and oxygen atoms in total. The molecule has 0 amide bonds. The highest BCUT2D eigenvalue weighted by Crippen LogP contribution is 2.41. The van der Waals surface area contributed by atoms with E-state index in [9.17, 15) is 10.2 Å². The number of phenols is 2. The molecule has 2 aromatic carbocycles. The molecular weight excluding hydrogens is 248 g/mol. The maximum Gasteiger partial charge on any atom is 0.165 e. The van der Waals surface area contributed by atoms with E-state index in [4.69, 9.17) is 0 Å². The number of phenolic OH excluding ortho intramolecular Hbond substituents is 2. The van der Waals surface area contributed by atoms with Crippen LogP contribution < -0.4 is 0 Å². The van der Waals surface area contributed by atoms with Crippen molar-refractivity contribution in [3.05, 3.63) is 47.0 Å². The quantitative estimate of drug-likeness (QED) is 0.806. The van der Waals surface area contributed by atoms with Gasteiger partial charge in [-0.05, 0) is 53.6 Å². The number of rotatable bonds is 4. The molecule has 0 unspecified atom stereocenters. The minimum atomic E-state index is -0.0349. The molecule has 0 spiro atoms. The van der Waals surface area contributed by atoms with Crippen LogP contribution in [-0.2, 0) is 19.3 Å². The fourth-order valence-electron chi connectivity index (χ4n) is 2.66. The fraction of sp³-hybridized carbons (Fsp3) is 0.333. The summed E-state index contributed by atoms with van der Waals surface area (Å²) in [5, 5.41) is 20.2.